The van der Waals surface area contributed by atoms with Gasteiger partial charge in [-0.05, 0) is 48.5 Å². The lowest BCUT2D eigenvalue weighted by Crippen LogP contribution is -2.19. The summed E-state index contributed by atoms with van der Waals surface area (Å²) in [6, 6.07) is 21.7. The second kappa shape index (κ2) is 7.21. The van der Waals surface area contributed by atoms with E-state index in [0.29, 0.717) is 17.2 Å². The molecule has 0 fully saturated rings. The number of anilines is 2. The van der Waals surface area contributed by atoms with Crippen molar-refractivity contribution in [3.8, 4) is 17.2 Å². The smallest absolute Gasteiger partial charge is 0.323 e. The van der Waals surface area contributed by atoms with Crippen LogP contribution in [0, 0.1) is 0 Å². The van der Waals surface area contributed by atoms with Gasteiger partial charge in [-0.25, -0.2) is 9.78 Å². The number of carbonyl (C=O) groups excluding carboxylic acids is 1. The molecular formula is C21H17N3O3. The number of carbonyl (C=O) groups is 1. The highest BCUT2D eigenvalue weighted by Gasteiger charge is 2.10. The van der Waals surface area contributed by atoms with E-state index < -0.39 is 0 Å². The predicted molar refractivity (Wildman–Crippen MR) is 105 cm³/mol. The Balaban J connectivity index is 1.52. The van der Waals surface area contributed by atoms with Crippen LogP contribution in [-0.2, 0) is 0 Å². The molecule has 0 aliphatic rings. The fourth-order valence-corrected chi connectivity index (χ4v) is 2.67. The maximum absolute atomic E-state index is 12.1. The summed E-state index contributed by atoms with van der Waals surface area (Å²) in [7, 11) is 1.62. The Hall–Kier alpha value is -3.80. The summed E-state index contributed by atoms with van der Waals surface area (Å²) < 4.78 is 11.0. The molecule has 1 aromatic heterocycles. The number of benzene rings is 3. The Kier molecular flexibility index (Phi) is 4.45. The number of aromatic nitrogens is 1. The fraction of sp³-hybridized carbons (Fsp3) is 0.0476. The van der Waals surface area contributed by atoms with Crippen LogP contribution in [0.2, 0.25) is 0 Å². The van der Waals surface area contributed by atoms with E-state index in [2.05, 4.69) is 15.6 Å². The minimum absolute atomic E-state index is 0.324. The van der Waals surface area contributed by atoms with Crippen LogP contribution in [0.1, 0.15) is 0 Å². The van der Waals surface area contributed by atoms with Gasteiger partial charge in [-0.2, -0.15) is 0 Å². The molecule has 2 amide bonds. The zero-order valence-corrected chi connectivity index (χ0v) is 14.6. The zero-order chi connectivity index (χ0) is 18.6. The van der Waals surface area contributed by atoms with Crippen LogP contribution in [0.5, 0.6) is 5.75 Å². The number of nitrogens with one attached hydrogen (secondary N) is 2. The first-order chi connectivity index (χ1) is 13.2. The molecule has 0 radical (unpaired) electrons. The van der Waals surface area contributed by atoms with Crippen LogP contribution in [0.3, 0.4) is 0 Å². The molecule has 0 saturated heterocycles. The van der Waals surface area contributed by atoms with Gasteiger partial charge in [0, 0.05) is 23.0 Å². The lowest BCUT2D eigenvalue weighted by molar-refractivity contribution is 0.262. The first kappa shape index (κ1) is 16.7. The molecule has 0 saturated carbocycles. The maximum Gasteiger partial charge on any atom is 0.323 e. The molecule has 0 unspecified atom stereocenters. The molecular weight excluding hydrogens is 342 g/mol. The largest absolute Gasteiger partial charge is 0.497 e. The number of hydrogen-bond donors (Lipinski definition) is 2. The van der Waals surface area contributed by atoms with Gasteiger partial charge in [0.1, 0.15) is 11.3 Å². The van der Waals surface area contributed by atoms with Crippen LogP contribution in [0.4, 0.5) is 16.2 Å². The normalized spacial score (nSPS) is 10.6. The van der Waals surface area contributed by atoms with Gasteiger partial charge in [0.15, 0.2) is 5.58 Å². The molecule has 27 heavy (non-hydrogen) atoms. The number of urea groups is 1. The van der Waals surface area contributed by atoms with Crippen molar-refractivity contribution in [2.45, 2.75) is 0 Å². The first-order valence-electron chi connectivity index (χ1n) is 8.39. The SMILES string of the molecule is COc1ccc(-c2nc3ccc(NC(=O)Nc4ccccc4)cc3o2)cc1. The van der Waals surface area contributed by atoms with Crippen LogP contribution in [0.25, 0.3) is 22.6 Å². The molecule has 2 N–H and O–H groups in total. The van der Waals surface area contributed by atoms with Crippen molar-refractivity contribution in [2.75, 3.05) is 17.7 Å². The summed E-state index contributed by atoms with van der Waals surface area (Å²) in [4.78, 5) is 16.6. The number of rotatable bonds is 4. The summed E-state index contributed by atoms with van der Waals surface area (Å²) in [6.45, 7) is 0. The molecule has 4 rings (SSSR count). The second-order valence-electron chi connectivity index (χ2n) is 5.88. The van der Waals surface area contributed by atoms with Crippen LogP contribution < -0.4 is 15.4 Å². The molecule has 6 nitrogen and oxygen atoms in total. The number of ether oxygens (including phenoxy) is 1. The highest BCUT2D eigenvalue weighted by Crippen LogP contribution is 2.27. The van der Waals surface area contributed by atoms with E-state index in [0.717, 1.165) is 22.5 Å². The van der Waals surface area contributed by atoms with E-state index in [1.165, 1.54) is 0 Å². The minimum Gasteiger partial charge on any atom is -0.497 e. The van der Waals surface area contributed by atoms with E-state index >= 15 is 0 Å². The molecule has 0 aliphatic carbocycles. The summed E-state index contributed by atoms with van der Waals surface area (Å²) in [5.74, 6) is 1.28. The maximum atomic E-state index is 12.1. The third-order valence-electron chi connectivity index (χ3n) is 4.01. The lowest BCUT2D eigenvalue weighted by atomic mass is 10.2. The average molecular weight is 359 g/mol. The summed E-state index contributed by atoms with van der Waals surface area (Å²) >= 11 is 0. The quantitative estimate of drug-likeness (QED) is 0.528. The van der Waals surface area contributed by atoms with E-state index in [-0.39, 0.29) is 6.03 Å². The molecule has 4 aromatic rings. The molecule has 0 bridgehead atoms. The second-order valence-corrected chi connectivity index (χ2v) is 5.88. The third kappa shape index (κ3) is 3.74. The predicted octanol–water partition coefficient (Wildman–Crippen LogP) is 5.15. The van der Waals surface area contributed by atoms with Crippen LogP contribution in [-0.4, -0.2) is 18.1 Å². The van der Waals surface area contributed by atoms with Gasteiger partial charge in [-0.15, -0.1) is 0 Å². The van der Waals surface area contributed by atoms with Crippen LogP contribution >= 0.6 is 0 Å². The van der Waals surface area contributed by atoms with Gasteiger partial charge in [-0.1, -0.05) is 18.2 Å². The fourth-order valence-electron chi connectivity index (χ4n) is 2.67. The standard InChI is InChI=1S/C21H17N3O3/c1-26-17-10-7-14(8-11-17)20-24-18-12-9-16(13-19(18)27-20)23-21(25)22-15-5-3-2-4-6-15/h2-13H,1H3,(H2,22,23,25). The van der Waals surface area contributed by atoms with Crippen molar-refractivity contribution in [3.05, 3.63) is 72.8 Å². The Morgan fingerprint density at radius 1 is 0.926 bits per heavy atom. The number of methoxy groups -OCH3 is 1. The summed E-state index contributed by atoms with van der Waals surface area (Å²) in [6.07, 6.45) is 0. The zero-order valence-electron chi connectivity index (χ0n) is 14.6. The Bertz CT molecular complexity index is 1070. The van der Waals surface area contributed by atoms with Gasteiger partial charge in [0.2, 0.25) is 5.89 Å². The number of oxazole rings is 1. The van der Waals surface area contributed by atoms with Crippen molar-refractivity contribution >= 4 is 28.5 Å². The van der Waals surface area contributed by atoms with Crippen molar-refractivity contribution in [2.24, 2.45) is 0 Å². The minimum atomic E-state index is -0.324. The highest BCUT2D eigenvalue weighted by molar-refractivity contribution is 6.00. The van der Waals surface area contributed by atoms with E-state index in [1.807, 2.05) is 60.7 Å². The van der Waals surface area contributed by atoms with Gasteiger partial charge >= 0.3 is 6.03 Å². The number of para-hydroxylation sites is 1. The van der Waals surface area contributed by atoms with Gasteiger partial charge in [0.05, 0.1) is 7.11 Å². The third-order valence-corrected chi connectivity index (χ3v) is 4.01. The molecule has 0 aliphatic heterocycles. The Morgan fingerprint density at radius 3 is 2.41 bits per heavy atom. The van der Waals surface area contributed by atoms with E-state index in [9.17, 15) is 4.79 Å². The Labute approximate surface area is 155 Å². The van der Waals surface area contributed by atoms with E-state index in [1.54, 1.807) is 19.2 Å². The summed E-state index contributed by atoms with van der Waals surface area (Å²) in [5.41, 5.74) is 3.50. The molecule has 134 valence electrons. The van der Waals surface area contributed by atoms with Crippen molar-refractivity contribution in [3.63, 3.8) is 0 Å². The molecule has 3 aromatic carbocycles. The van der Waals surface area contributed by atoms with Crippen molar-refractivity contribution < 1.29 is 13.9 Å². The lowest BCUT2D eigenvalue weighted by Gasteiger charge is -2.07. The molecule has 0 atom stereocenters. The number of nitrogens with zero attached hydrogens (tertiary/aromatic N) is 1. The van der Waals surface area contributed by atoms with Gasteiger partial charge in [-0.3, -0.25) is 0 Å². The monoisotopic (exact) mass is 359 g/mol. The van der Waals surface area contributed by atoms with Crippen LogP contribution in [0.15, 0.2) is 77.2 Å². The average Bonchev–Trinajstić information content (AvgIpc) is 3.12. The molecule has 6 heteroatoms. The number of amides is 2. The number of fused-ring (bicyclic) bond motifs is 1. The Morgan fingerprint density at radius 2 is 1.67 bits per heavy atom. The van der Waals surface area contributed by atoms with Gasteiger partial charge in [0.25, 0.3) is 0 Å². The first-order valence-corrected chi connectivity index (χ1v) is 8.39. The topological polar surface area (TPSA) is 76.4 Å². The summed E-state index contributed by atoms with van der Waals surface area (Å²) in [5, 5.41) is 5.56. The number of hydrogen-bond acceptors (Lipinski definition) is 4. The van der Waals surface area contributed by atoms with Crippen molar-refractivity contribution in [1.29, 1.82) is 0 Å². The van der Waals surface area contributed by atoms with E-state index in [4.69, 9.17) is 9.15 Å². The van der Waals surface area contributed by atoms with Gasteiger partial charge < -0.3 is 19.8 Å². The molecule has 0 spiro atoms. The molecule has 1 heterocycles. The highest BCUT2D eigenvalue weighted by atomic mass is 16.5. The van der Waals surface area contributed by atoms with Crippen molar-refractivity contribution in [1.82, 2.24) is 4.98 Å².